The van der Waals surface area contributed by atoms with Gasteiger partial charge in [-0.05, 0) is 6.92 Å². The highest BCUT2D eigenvalue weighted by atomic mass is 35.5. The lowest BCUT2D eigenvalue weighted by atomic mass is 10.3. The maximum absolute atomic E-state index is 11.7. The van der Waals surface area contributed by atoms with E-state index in [0.717, 1.165) is 10.9 Å². The van der Waals surface area contributed by atoms with Crippen molar-refractivity contribution in [2.75, 3.05) is 7.05 Å². The Kier molecular flexibility index (Phi) is 4.69. The second kappa shape index (κ2) is 5.83. The molecule has 1 rings (SSSR count). The molecular formula is C9H10Cl2N4O3. The molecule has 0 fully saturated rings. The first kappa shape index (κ1) is 14.5. The molecule has 0 spiro atoms. The molecule has 1 heterocycles. The van der Waals surface area contributed by atoms with Gasteiger partial charge in [0.05, 0.1) is 0 Å². The maximum Gasteiger partial charge on any atom is 0.321 e. The van der Waals surface area contributed by atoms with E-state index >= 15 is 0 Å². The number of amides is 3. The third-order valence-electron chi connectivity index (χ3n) is 2.16. The molecule has 98 valence electrons. The van der Waals surface area contributed by atoms with Crippen LogP contribution in [-0.2, 0) is 4.79 Å². The summed E-state index contributed by atoms with van der Waals surface area (Å²) in [6, 6.07) is -1.62. The molecule has 0 saturated heterocycles. The molecule has 1 unspecified atom stereocenters. The summed E-state index contributed by atoms with van der Waals surface area (Å²) in [5.74, 6) is -0.670. The zero-order chi connectivity index (χ0) is 13.9. The number of imide groups is 1. The molecule has 2 N–H and O–H groups in total. The molecule has 18 heavy (non-hydrogen) atoms. The minimum absolute atomic E-state index is 0.142. The molecule has 0 saturated carbocycles. The van der Waals surface area contributed by atoms with Crippen LogP contribution in [0.4, 0.5) is 4.79 Å². The summed E-state index contributed by atoms with van der Waals surface area (Å²) >= 11 is 11.2. The normalized spacial score (nSPS) is 11.8. The smallest absolute Gasteiger partial charge is 0.321 e. The van der Waals surface area contributed by atoms with Gasteiger partial charge in [-0.2, -0.15) is 0 Å². The van der Waals surface area contributed by atoms with E-state index in [1.54, 1.807) is 0 Å². The van der Waals surface area contributed by atoms with Gasteiger partial charge in [0, 0.05) is 7.05 Å². The van der Waals surface area contributed by atoms with Crippen molar-refractivity contribution in [3.63, 3.8) is 0 Å². The molecule has 3 amide bonds. The first-order valence-corrected chi connectivity index (χ1v) is 5.58. The minimum Gasteiger partial charge on any atom is -0.341 e. The Morgan fingerprint density at radius 2 is 2.06 bits per heavy atom. The number of nitrogens with zero attached hydrogens (tertiary/aromatic N) is 2. The summed E-state index contributed by atoms with van der Waals surface area (Å²) in [6.07, 6.45) is 1.09. The number of urea groups is 1. The third kappa shape index (κ3) is 2.99. The van der Waals surface area contributed by atoms with E-state index < -0.39 is 23.5 Å². The average Bonchev–Trinajstić information content (AvgIpc) is 2.35. The molecule has 0 radical (unpaired) electrons. The molecule has 0 aliphatic rings. The molecule has 0 aromatic carbocycles. The van der Waals surface area contributed by atoms with Gasteiger partial charge in [0.1, 0.15) is 17.4 Å². The fourth-order valence-electron chi connectivity index (χ4n) is 1.10. The van der Waals surface area contributed by atoms with Crippen LogP contribution in [0.25, 0.3) is 0 Å². The van der Waals surface area contributed by atoms with Crippen molar-refractivity contribution in [1.82, 2.24) is 20.2 Å². The van der Waals surface area contributed by atoms with Crippen LogP contribution in [0.3, 0.4) is 0 Å². The van der Waals surface area contributed by atoms with E-state index in [-0.39, 0.29) is 10.2 Å². The second-order valence-electron chi connectivity index (χ2n) is 3.31. The zero-order valence-electron chi connectivity index (χ0n) is 9.53. The van der Waals surface area contributed by atoms with Crippen LogP contribution in [0, 0.1) is 0 Å². The SMILES string of the molecule is CNC(=O)NC(=O)C(C)n1cnc(Cl)c(Cl)c1=O. The van der Waals surface area contributed by atoms with Crippen LogP contribution in [-0.4, -0.2) is 28.5 Å². The van der Waals surface area contributed by atoms with Gasteiger partial charge in [-0.25, -0.2) is 9.78 Å². The monoisotopic (exact) mass is 292 g/mol. The van der Waals surface area contributed by atoms with Gasteiger partial charge < -0.3 is 5.32 Å². The summed E-state index contributed by atoms with van der Waals surface area (Å²) in [5, 5.41) is 3.83. The lowest BCUT2D eigenvalue weighted by molar-refractivity contribution is -0.122. The summed E-state index contributed by atoms with van der Waals surface area (Å²) in [4.78, 5) is 38.0. The molecule has 1 aromatic rings. The molecule has 1 aromatic heterocycles. The Morgan fingerprint density at radius 1 is 1.44 bits per heavy atom. The third-order valence-corrected chi connectivity index (χ3v) is 2.88. The highest BCUT2D eigenvalue weighted by molar-refractivity contribution is 6.40. The summed E-state index contributed by atoms with van der Waals surface area (Å²) in [5.41, 5.74) is -0.656. The van der Waals surface area contributed by atoms with Crippen molar-refractivity contribution in [3.05, 3.63) is 26.9 Å². The minimum atomic E-state index is -0.947. The standard InChI is InChI=1S/C9H10Cl2N4O3/c1-4(7(16)14-9(18)12-2)15-3-13-6(11)5(10)8(15)17/h3-4H,1-2H3,(H2,12,14,16,18). The van der Waals surface area contributed by atoms with E-state index in [4.69, 9.17) is 23.2 Å². The molecule has 0 aliphatic carbocycles. The van der Waals surface area contributed by atoms with E-state index in [1.165, 1.54) is 14.0 Å². The van der Waals surface area contributed by atoms with Crippen molar-refractivity contribution in [2.45, 2.75) is 13.0 Å². The van der Waals surface area contributed by atoms with Crippen molar-refractivity contribution >= 4 is 35.1 Å². The summed E-state index contributed by atoms with van der Waals surface area (Å²) in [7, 11) is 1.36. The van der Waals surface area contributed by atoms with Crippen molar-refractivity contribution < 1.29 is 9.59 Å². The number of halogens is 2. The lowest BCUT2D eigenvalue weighted by Crippen LogP contribution is -2.42. The van der Waals surface area contributed by atoms with Crippen LogP contribution in [0.2, 0.25) is 10.2 Å². The Balaban J connectivity index is 3.01. The number of nitrogens with one attached hydrogen (secondary N) is 2. The van der Waals surface area contributed by atoms with Crippen LogP contribution in [0.5, 0.6) is 0 Å². The van der Waals surface area contributed by atoms with Gasteiger partial charge in [-0.3, -0.25) is 19.5 Å². The van der Waals surface area contributed by atoms with Crippen molar-refractivity contribution in [2.24, 2.45) is 0 Å². The molecule has 7 nitrogen and oxygen atoms in total. The Hall–Kier alpha value is -1.60. The molecular weight excluding hydrogens is 283 g/mol. The van der Waals surface area contributed by atoms with Gasteiger partial charge in [0.15, 0.2) is 5.15 Å². The summed E-state index contributed by atoms with van der Waals surface area (Å²) < 4.78 is 0.979. The fraction of sp³-hybridized carbons (Fsp3) is 0.333. The van der Waals surface area contributed by atoms with Gasteiger partial charge in [-0.1, -0.05) is 23.2 Å². The van der Waals surface area contributed by atoms with E-state index in [2.05, 4.69) is 10.3 Å². The number of hydrogen-bond donors (Lipinski definition) is 2. The van der Waals surface area contributed by atoms with Crippen LogP contribution in [0.15, 0.2) is 11.1 Å². The Bertz CT molecular complexity index is 543. The van der Waals surface area contributed by atoms with Gasteiger partial charge in [0.2, 0.25) is 0 Å². The Labute approximate surface area is 112 Å². The van der Waals surface area contributed by atoms with Crippen molar-refractivity contribution in [3.8, 4) is 0 Å². The number of aromatic nitrogens is 2. The zero-order valence-corrected chi connectivity index (χ0v) is 11.0. The predicted molar refractivity (Wildman–Crippen MR) is 65.8 cm³/mol. The quantitative estimate of drug-likeness (QED) is 0.779. The van der Waals surface area contributed by atoms with Crippen LogP contribution >= 0.6 is 23.2 Å². The van der Waals surface area contributed by atoms with Crippen LogP contribution < -0.4 is 16.2 Å². The Morgan fingerprint density at radius 3 is 2.61 bits per heavy atom. The van der Waals surface area contributed by atoms with Crippen LogP contribution in [0.1, 0.15) is 13.0 Å². The highest BCUT2D eigenvalue weighted by Gasteiger charge is 2.20. The first-order chi connectivity index (χ1) is 8.38. The summed E-state index contributed by atoms with van der Waals surface area (Å²) in [6.45, 7) is 1.42. The number of hydrogen-bond acceptors (Lipinski definition) is 4. The maximum atomic E-state index is 11.7. The molecule has 9 heteroatoms. The van der Waals surface area contributed by atoms with E-state index in [9.17, 15) is 14.4 Å². The van der Waals surface area contributed by atoms with E-state index in [0.29, 0.717) is 0 Å². The fourth-order valence-corrected chi connectivity index (χ4v) is 1.38. The van der Waals surface area contributed by atoms with Crippen molar-refractivity contribution in [1.29, 1.82) is 0 Å². The molecule has 0 aliphatic heterocycles. The predicted octanol–water partition coefficient (Wildman–Crippen LogP) is 0.567. The lowest BCUT2D eigenvalue weighted by Gasteiger charge is -2.14. The van der Waals surface area contributed by atoms with Gasteiger partial charge in [-0.15, -0.1) is 0 Å². The van der Waals surface area contributed by atoms with Gasteiger partial charge >= 0.3 is 6.03 Å². The average molecular weight is 293 g/mol. The number of rotatable bonds is 2. The molecule has 0 bridgehead atoms. The second-order valence-corrected chi connectivity index (χ2v) is 4.04. The molecule has 1 atom stereocenters. The largest absolute Gasteiger partial charge is 0.341 e. The first-order valence-electron chi connectivity index (χ1n) is 4.83. The topological polar surface area (TPSA) is 93.1 Å². The van der Waals surface area contributed by atoms with E-state index in [1.807, 2.05) is 5.32 Å². The number of carbonyl (C=O) groups is 2. The highest BCUT2D eigenvalue weighted by Crippen LogP contribution is 2.14. The number of carbonyl (C=O) groups excluding carboxylic acids is 2. The van der Waals surface area contributed by atoms with Gasteiger partial charge in [0.25, 0.3) is 11.5 Å².